The molecule has 1 amide bonds. The van der Waals surface area contributed by atoms with Gasteiger partial charge in [-0.05, 0) is 34.1 Å². The standard InChI is InChI=1S/C12H8BrN3O2/c13-6-4-5-10-7(2-1-3-16-10)18-11(5)8(9(6)14)12(15)17/h1-4H,14H2,(H2,15,17). The van der Waals surface area contributed by atoms with Gasteiger partial charge in [-0.25, -0.2) is 0 Å². The van der Waals surface area contributed by atoms with Crippen LogP contribution < -0.4 is 11.5 Å². The van der Waals surface area contributed by atoms with E-state index >= 15 is 0 Å². The molecule has 2 aromatic heterocycles. The van der Waals surface area contributed by atoms with Gasteiger partial charge in [0.1, 0.15) is 11.1 Å². The highest BCUT2D eigenvalue weighted by atomic mass is 79.9. The number of furan rings is 1. The molecule has 0 unspecified atom stereocenters. The van der Waals surface area contributed by atoms with E-state index < -0.39 is 5.91 Å². The van der Waals surface area contributed by atoms with Crippen molar-refractivity contribution < 1.29 is 9.21 Å². The summed E-state index contributed by atoms with van der Waals surface area (Å²) in [5.74, 6) is -0.627. The van der Waals surface area contributed by atoms with Crippen molar-refractivity contribution >= 4 is 49.6 Å². The Labute approximate surface area is 110 Å². The maximum absolute atomic E-state index is 11.5. The van der Waals surface area contributed by atoms with Crippen molar-refractivity contribution in [3.05, 3.63) is 34.4 Å². The number of benzene rings is 1. The molecule has 0 saturated heterocycles. The molecule has 1 aromatic carbocycles. The van der Waals surface area contributed by atoms with Crippen molar-refractivity contribution in [3.63, 3.8) is 0 Å². The van der Waals surface area contributed by atoms with E-state index in [0.29, 0.717) is 26.5 Å². The van der Waals surface area contributed by atoms with Gasteiger partial charge in [0.25, 0.3) is 5.91 Å². The average molecular weight is 306 g/mol. The summed E-state index contributed by atoms with van der Waals surface area (Å²) in [5, 5.41) is 0.709. The minimum atomic E-state index is -0.627. The van der Waals surface area contributed by atoms with Gasteiger partial charge >= 0.3 is 0 Å². The van der Waals surface area contributed by atoms with Gasteiger partial charge in [0.2, 0.25) is 0 Å². The van der Waals surface area contributed by atoms with E-state index in [4.69, 9.17) is 15.9 Å². The molecule has 18 heavy (non-hydrogen) atoms. The second kappa shape index (κ2) is 3.71. The molecule has 3 aromatic rings. The van der Waals surface area contributed by atoms with Gasteiger partial charge in [0, 0.05) is 16.1 Å². The van der Waals surface area contributed by atoms with Crippen molar-refractivity contribution in [3.8, 4) is 0 Å². The number of rotatable bonds is 1. The molecule has 0 atom stereocenters. The summed E-state index contributed by atoms with van der Waals surface area (Å²) < 4.78 is 6.21. The van der Waals surface area contributed by atoms with Crippen molar-refractivity contribution in [2.45, 2.75) is 0 Å². The van der Waals surface area contributed by atoms with Crippen molar-refractivity contribution in [1.29, 1.82) is 0 Å². The van der Waals surface area contributed by atoms with Gasteiger partial charge in [-0.1, -0.05) is 0 Å². The van der Waals surface area contributed by atoms with Crippen molar-refractivity contribution in [2.75, 3.05) is 5.73 Å². The molecular formula is C12H8BrN3O2. The van der Waals surface area contributed by atoms with E-state index in [1.54, 1.807) is 24.4 Å². The number of primary amides is 1. The zero-order valence-electron chi connectivity index (χ0n) is 9.11. The lowest BCUT2D eigenvalue weighted by molar-refractivity contribution is 0.100. The van der Waals surface area contributed by atoms with E-state index in [2.05, 4.69) is 20.9 Å². The van der Waals surface area contributed by atoms with Crippen LogP contribution in [0, 0.1) is 0 Å². The zero-order valence-corrected chi connectivity index (χ0v) is 10.7. The van der Waals surface area contributed by atoms with E-state index in [1.807, 2.05) is 0 Å². The Morgan fingerprint density at radius 2 is 2.22 bits per heavy atom. The number of nitrogens with zero attached hydrogens (tertiary/aromatic N) is 1. The fraction of sp³-hybridized carbons (Fsp3) is 0. The monoisotopic (exact) mass is 305 g/mol. The fourth-order valence-electron chi connectivity index (χ4n) is 1.96. The molecule has 0 fully saturated rings. The molecule has 0 bridgehead atoms. The number of fused-ring (bicyclic) bond motifs is 3. The van der Waals surface area contributed by atoms with Crippen LogP contribution in [0.25, 0.3) is 22.1 Å². The van der Waals surface area contributed by atoms with Crippen LogP contribution in [0.5, 0.6) is 0 Å². The molecule has 2 heterocycles. The van der Waals surface area contributed by atoms with E-state index in [1.165, 1.54) is 0 Å². The number of amides is 1. The SMILES string of the molecule is NC(=O)c1c(N)c(Br)cc2c1oc1cccnc12. The number of pyridine rings is 1. The van der Waals surface area contributed by atoms with Crippen LogP contribution in [0.3, 0.4) is 0 Å². The highest BCUT2D eigenvalue weighted by Gasteiger charge is 2.20. The number of hydrogen-bond acceptors (Lipinski definition) is 4. The number of halogens is 1. The summed E-state index contributed by atoms with van der Waals surface area (Å²) in [4.78, 5) is 15.7. The maximum atomic E-state index is 11.5. The molecule has 0 aliphatic carbocycles. The third kappa shape index (κ3) is 1.39. The van der Waals surface area contributed by atoms with E-state index in [-0.39, 0.29) is 11.3 Å². The number of anilines is 1. The summed E-state index contributed by atoms with van der Waals surface area (Å²) in [5.41, 5.74) is 13.3. The summed E-state index contributed by atoms with van der Waals surface area (Å²) in [7, 11) is 0. The number of hydrogen-bond donors (Lipinski definition) is 2. The zero-order chi connectivity index (χ0) is 12.9. The normalized spacial score (nSPS) is 11.2. The lowest BCUT2D eigenvalue weighted by Crippen LogP contribution is -2.14. The Morgan fingerprint density at radius 1 is 1.44 bits per heavy atom. The molecule has 0 saturated carbocycles. The molecular weight excluding hydrogens is 298 g/mol. The summed E-state index contributed by atoms with van der Waals surface area (Å²) >= 11 is 3.30. The van der Waals surface area contributed by atoms with E-state index in [9.17, 15) is 4.79 Å². The van der Waals surface area contributed by atoms with Gasteiger partial charge in [0.15, 0.2) is 11.2 Å². The molecule has 90 valence electrons. The van der Waals surface area contributed by atoms with Crippen LogP contribution >= 0.6 is 15.9 Å². The lowest BCUT2D eigenvalue weighted by Gasteiger charge is -2.04. The largest absolute Gasteiger partial charge is 0.453 e. The number of aromatic nitrogens is 1. The molecule has 0 aliphatic rings. The van der Waals surface area contributed by atoms with Crippen LogP contribution in [0.4, 0.5) is 5.69 Å². The topological polar surface area (TPSA) is 95.1 Å². The average Bonchev–Trinajstić information content (AvgIpc) is 2.68. The van der Waals surface area contributed by atoms with Crippen LogP contribution in [0.15, 0.2) is 33.3 Å². The fourth-order valence-corrected chi connectivity index (χ4v) is 2.39. The molecule has 0 aliphatic heterocycles. The van der Waals surface area contributed by atoms with Gasteiger partial charge in [-0.2, -0.15) is 0 Å². The quantitative estimate of drug-likeness (QED) is 0.675. The van der Waals surface area contributed by atoms with Crippen LogP contribution in [0.1, 0.15) is 10.4 Å². The van der Waals surface area contributed by atoms with Crippen molar-refractivity contribution in [1.82, 2.24) is 4.98 Å². The van der Waals surface area contributed by atoms with Gasteiger partial charge in [-0.15, -0.1) is 0 Å². The molecule has 0 spiro atoms. The highest BCUT2D eigenvalue weighted by molar-refractivity contribution is 9.10. The van der Waals surface area contributed by atoms with Crippen LogP contribution in [-0.2, 0) is 0 Å². The molecule has 0 radical (unpaired) electrons. The Kier molecular flexibility index (Phi) is 2.27. The number of carbonyl (C=O) groups excluding carboxylic acids is 1. The first-order valence-electron chi connectivity index (χ1n) is 5.14. The molecule has 4 N–H and O–H groups in total. The molecule has 6 heteroatoms. The highest BCUT2D eigenvalue weighted by Crippen LogP contribution is 2.36. The Bertz CT molecular complexity index is 795. The lowest BCUT2D eigenvalue weighted by atomic mass is 10.1. The summed E-state index contributed by atoms with van der Waals surface area (Å²) in [6.07, 6.45) is 1.66. The van der Waals surface area contributed by atoms with Gasteiger partial charge in [0.05, 0.1) is 5.69 Å². The Hall–Kier alpha value is -2.08. The molecule has 3 rings (SSSR count). The minimum Gasteiger partial charge on any atom is -0.453 e. The molecule has 5 nitrogen and oxygen atoms in total. The van der Waals surface area contributed by atoms with Crippen LogP contribution in [-0.4, -0.2) is 10.9 Å². The Morgan fingerprint density at radius 3 is 2.94 bits per heavy atom. The third-order valence-corrected chi connectivity index (χ3v) is 3.41. The number of carbonyl (C=O) groups is 1. The van der Waals surface area contributed by atoms with Gasteiger partial charge < -0.3 is 15.9 Å². The smallest absolute Gasteiger partial charge is 0.254 e. The maximum Gasteiger partial charge on any atom is 0.254 e. The number of nitrogen functional groups attached to an aromatic ring is 1. The third-order valence-electron chi connectivity index (χ3n) is 2.75. The summed E-state index contributed by atoms with van der Waals surface area (Å²) in [6.45, 7) is 0. The summed E-state index contributed by atoms with van der Waals surface area (Å²) in [6, 6.07) is 5.31. The van der Waals surface area contributed by atoms with Crippen LogP contribution in [0.2, 0.25) is 0 Å². The Balaban J connectivity index is 2.59. The second-order valence-corrected chi connectivity index (χ2v) is 4.69. The minimum absolute atomic E-state index is 0.178. The predicted molar refractivity (Wildman–Crippen MR) is 72.1 cm³/mol. The predicted octanol–water partition coefficient (Wildman–Crippen LogP) is 2.42. The second-order valence-electron chi connectivity index (χ2n) is 3.84. The number of nitrogens with two attached hydrogens (primary N) is 2. The van der Waals surface area contributed by atoms with Crippen molar-refractivity contribution in [2.24, 2.45) is 5.73 Å². The first kappa shape index (κ1) is 11.0. The first-order valence-corrected chi connectivity index (χ1v) is 5.94. The van der Waals surface area contributed by atoms with Gasteiger partial charge in [-0.3, -0.25) is 9.78 Å². The van der Waals surface area contributed by atoms with E-state index in [0.717, 1.165) is 0 Å². The first-order chi connectivity index (χ1) is 8.59.